The van der Waals surface area contributed by atoms with Gasteiger partial charge in [-0.1, -0.05) is 81.4 Å². The number of hydrogen-bond acceptors (Lipinski definition) is 11. The van der Waals surface area contributed by atoms with Crippen molar-refractivity contribution in [1.82, 2.24) is 10.1 Å². The van der Waals surface area contributed by atoms with Gasteiger partial charge in [0.15, 0.2) is 0 Å². The minimum atomic E-state index is -0.732. The van der Waals surface area contributed by atoms with Crippen LogP contribution in [0, 0.1) is 11.8 Å². The Morgan fingerprint density at radius 2 is 1.06 bits per heavy atom. The van der Waals surface area contributed by atoms with Crippen molar-refractivity contribution in [3.8, 4) is 0 Å². The molecule has 4 heterocycles. The standard InChI is InChI=1S/C19H29NO4.C18H27NO5/c1-5-15-17(21)12(2)18-19(23-15)16(20(4)24-18)13(3)22-11-14-9-7-6-8-10-14;1-11-16(21)14(9-20)23-18-15(19(3)24-17(11)18)12(2)22-10-13-7-5-4-6-8-13/h6-10,12-13,15-19,21H,5,11H2,1-4H3;4-8,11-12,14-18,20-21H,9-10H2,1-3H3/t12-,13+,15?,16+,17+,18?,19+;11-,12+,14?,15+,16+,17?,18+/m00/s1. The second kappa shape index (κ2) is 16.8. The molecule has 4 unspecified atom stereocenters. The van der Waals surface area contributed by atoms with E-state index in [9.17, 15) is 15.3 Å². The predicted octanol–water partition coefficient (Wildman–Crippen LogP) is 3.34. The molecule has 0 radical (unpaired) electrons. The van der Waals surface area contributed by atoms with E-state index in [0.29, 0.717) is 13.2 Å². The maximum atomic E-state index is 10.4. The molecule has 4 fully saturated rings. The third kappa shape index (κ3) is 8.14. The monoisotopic (exact) mass is 672 g/mol. The van der Waals surface area contributed by atoms with Crippen molar-refractivity contribution in [3.63, 3.8) is 0 Å². The maximum absolute atomic E-state index is 10.4. The Morgan fingerprint density at radius 3 is 1.46 bits per heavy atom. The highest BCUT2D eigenvalue weighted by atomic mass is 16.7. The summed E-state index contributed by atoms with van der Waals surface area (Å²) in [6.07, 6.45) is -1.98. The average molecular weight is 673 g/mol. The molecule has 0 aromatic heterocycles. The number of ether oxygens (including phenoxy) is 4. The first-order valence-corrected chi connectivity index (χ1v) is 17.4. The van der Waals surface area contributed by atoms with E-state index in [2.05, 4.69) is 19.1 Å². The third-order valence-corrected chi connectivity index (χ3v) is 10.5. The van der Waals surface area contributed by atoms with Crippen molar-refractivity contribution in [3.05, 3.63) is 71.8 Å². The van der Waals surface area contributed by atoms with Crippen molar-refractivity contribution in [2.45, 2.75) is 127 Å². The largest absolute Gasteiger partial charge is 0.394 e. The first-order valence-electron chi connectivity index (χ1n) is 17.4. The van der Waals surface area contributed by atoms with E-state index in [4.69, 9.17) is 28.6 Å². The van der Waals surface area contributed by atoms with E-state index < -0.39 is 18.3 Å². The minimum Gasteiger partial charge on any atom is -0.394 e. The topological polar surface area (TPSA) is 123 Å². The predicted molar refractivity (Wildman–Crippen MR) is 179 cm³/mol. The Morgan fingerprint density at radius 1 is 0.667 bits per heavy atom. The van der Waals surface area contributed by atoms with Gasteiger partial charge < -0.3 is 34.3 Å². The number of nitrogens with zero attached hydrogens (tertiary/aromatic N) is 2. The summed E-state index contributed by atoms with van der Waals surface area (Å²) in [5.41, 5.74) is 2.27. The molecular weight excluding hydrogens is 616 g/mol. The SMILES string of the molecule is CCC1O[C@H]2C(ON(C)[C@@H]2[C@@H](C)OCc2ccccc2)[C@@H](C)[C@H]1O.C[C@@H]1C2ON(C)[C@H]([C@@H](C)OCc3ccccc3)[C@H]2OC(CO)[C@@H]1O. The number of fused-ring (bicyclic) bond motifs is 2. The lowest BCUT2D eigenvalue weighted by Crippen LogP contribution is -2.56. The minimum absolute atomic E-state index is 0.0164. The zero-order chi connectivity index (χ0) is 34.5. The second-order valence-electron chi connectivity index (χ2n) is 13.8. The van der Waals surface area contributed by atoms with E-state index in [-0.39, 0.29) is 73.3 Å². The molecule has 0 amide bonds. The first-order chi connectivity index (χ1) is 23.0. The zero-order valence-electron chi connectivity index (χ0n) is 29.4. The normalized spacial score (nSPS) is 38.0. The van der Waals surface area contributed by atoms with Gasteiger partial charge in [0.2, 0.25) is 0 Å². The molecule has 48 heavy (non-hydrogen) atoms. The van der Waals surface area contributed by atoms with Gasteiger partial charge in [0, 0.05) is 25.9 Å². The van der Waals surface area contributed by atoms with Crippen molar-refractivity contribution in [2.75, 3.05) is 20.7 Å². The van der Waals surface area contributed by atoms with Gasteiger partial charge in [-0.05, 0) is 31.4 Å². The summed E-state index contributed by atoms with van der Waals surface area (Å²) in [5.74, 6) is -0.0721. The number of hydrogen-bond donors (Lipinski definition) is 3. The Balaban J connectivity index is 0.000000188. The van der Waals surface area contributed by atoms with Crippen LogP contribution in [0.2, 0.25) is 0 Å². The van der Waals surface area contributed by atoms with Gasteiger partial charge in [-0.3, -0.25) is 9.68 Å². The van der Waals surface area contributed by atoms with Crippen LogP contribution in [-0.4, -0.2) is 119 Å². The summed E-state index contributed by atoms with van der Waals surface area (Å²) in [5, 5.41) is 33.7. The van der Waals surface area contributed by atoms with E-state index in [1.165, 1.54) is 0 Å². The van der Waals surface area contributed by atoms with Crippen LogP contribution in [0.1, 0.15) is 52.2 Å². The molecule has 0 saturated carbocycles. The molecule has 6 rings (SSSR count). The molecule has 0 spiro atoms. The van der Waals surface area contributed by atoms with Gasteiger partial charge in [0.1, 0.15) is 30.5 Å². The number of hydroxylamine groups is 4. The van der Waals surface area contributed by atoms with E-state index in [1.54, 1.807) is 5.06 Å². The third-order valence-electron chi connectivity index (χ3n) is 10.5. The Kier molecular flexibility index (Phi) is 13.0. The summed E-state index contributed by atoms with van der Waals surface area (Å²) in [7, 11) is 3.79. The zero-order valence-corrected chi connectivity index (χ0v) is 29.4. The summed E-state index contributed by atoms with van der Waals surface area (Å²) < 4.78 is 24.3. The fourth-order valence-corrected chi connectivity index (χ4v) is 7.60. The van der Waals surface area contributed by atoms with Crippen LogP contribution in [-0.2, 0) is 41.8 Å². The van der Waals surface area contributed by atoms with Gasteiger partial charge in [-0.2, -0.15) is 10.1 Å². The summed E-state index contributed by atoms with van der Waals surface area (Å²) >= 11 is 0. The first kappa shape index (κ1) is 37.3. The van der Waals surface area contributed by atoms with Crippen molar-refractivity contribution in [2.24, 2.45) is 11.8 Å². The van der Waals surface area contributed by atoms with E-state index in [0.717, 1.165) is 17.5 Å². The van der Waals surface area contributed by atoms with Crippen LogP contribution in [0.25, 0.3) is 0 Å². The molecule has 2 aromatic carbocycles. The molecule has 4 aliphatic heterocycles. The van der Waals surface area contributed by atoms with Crippen LogP contribution < -0.4 is 0 Å². The summed E-state index contributed by atoms with van der Waals surface area (Å²) in [4.78, 5) is 11.9. The molecule has 11 nitrogen and oxygen atoms in total. The fraction of sp³-hybridized carbons (Fsp3) is 0.676. The molecule has 0 bridgehead atoms. The van der Waals surface area contributed by atoms with Crippen LogP contribution in [0.15, 0.2) is 60.7 Å². The van der Waals surface area contributed by atoms with Crippen LogP contribution in [0.3, 0.4) is 0 Å². The molecule has 14 atom stereocenters. The highest BCUT2D eigenvalue weighted by molar-refractivity contribution is 5.14. The fourth-order valence-electron chi connectivity index (χ4n) is 7.60. The van der Waals surface area contributed by atoms with Gasteiger partial charge in [0.05, 0.1) is 62.4 Å². The average Bonchev–Trinajstić information content (AvgIpc) is 3.62. The summed E-state index contributed by atoms with van der Waals surface area (Å²) in [6.45, 7) is 11.0. The van der Waals surface area contributed by atoms with Crippen molar-refractivity contribution in [1.29, 1.82) is 0 Å². The highest BCUT2D eigenvalue weighted by Crippen LogP contribution is 2.39. The number of rotatable bonds is 10. The van der Waals surface area contributed by atoms with Crippen molar-refractivity contribution >= 4 is 0 Å². The van der Waals surface area contributed by atoms with Crippen molar-refractivity contribution < 1.29 is 43.9 Å². The van der Waals surface area contributed by atoms with Gasteiger partial charge in [0.25, 0.3) is 0 Å². The molecule has 11 heteroatoms. The van der Waals surface area contributed by atoms with Gasteiger partial charge in [-0.15, -0.1) is 0 Å². The molecule has 0 aliphatic carbocycles. The number of benzene rings is 2. The molecular formula is C37H56N2O9. The summed E-state index contributed by atoms with van der Waals surface area (Å²) in [6, 6.07) is 20.1. The van der Waals surface area contributed by atoms with Crippen LogP contribution in [0.5, 0.6) is 0 Å². The lowest BCUT2D eigenvalue weighted by molar-refractivity contribution is -0.215. The van der Waals surface area contributed by atoms with Crippen LogP contribution >= 0.6 is 0 Å². The molecule has 268 valence electrons. The number of aliphatic hydroxyl groups excluding tert-OH is 3. The second-order valence-corrected chi connectivity index (χ2v) is 13.8. The highest BCUT2D eigenvalue weighted by Gasteiger charge is 2.55. The number of aliphatic hydroxyl groups is 3. The van der Waals surface area contributed by atoms with E-state index >= 15 is 0 Å². The smallest absolute Gasteiger partial charge is 0.112 e. The molecule has 2 aromatic rings. The molecule has 3 N–H and O–H groups in total. The molecule has 4 aliphatic rings. The Labute approximate surface area is 285 Å². The van der Waals surface area contributed by atoms with E-state index in [1.807, 2.05) is 95.4 Å². The Hall–Kier alpha value is -2.00. The van der Waals surface area contributed by atoms with Crippen LogP contribution in [0.4, 0.5) is 0 Å². The van der Waals surface area contributed by atoms with Gasteiger partial charge >= 0.3 is 0 Å². The maximum Gasteiger partial charge on any atom is 0.112 e. The molecule has 4 saturated heterocycles. The quantitative estimate of drug-likeness (QED) is 0.345. The van der Waals surface area contributed by atoms with Gasteiger partial charge in [-0.25, -0.2) is 0 Å². The Bertz CT molecular complexity index is 1150. The number of likely N-dealkylation sites (N-methyl/N-ethyl adjacent to an activating group) is 2. The lowest BCUT2D eigenvalue weighted by Gasteiger charge is -2.41. The lowest BCUT2D eigenvalue weighted by atomic mass is 9.84.